The van der Waals surface area contributed by atoms with E-state index in [0.717, 1.165) is 28.2 Å². The van der Waals surface area contributed by atoms with Crippen molar-refractivity contribution in [3.8, 4) is 56.0 Å². The molecule has 55 heavy (non-hydrogen) atoms. The van der Waals surface area contributed by atoms with Crippen molar-refractivity contribution in [3.63, 3.8) is 0 Å². The van der Waals surface area contributed by atoms with Crippen molar-refractivity contribution >= 4 is 61.7 Å². The van der Waals surface area contributed by atoms with Gasteiger partial charge in [-0.05, 0) is 100 Å². The third-order valence-electron chi connectivity index (χ3n) is 11.8. The number of hydrogen-bond acceptors (Lipinski definition) is 2. The van der Waals surface area contributed by atoms with E-state index in [1.165, 1.54) is 81.4 Å². The summed E-state index contributed by atoms with van der Waals surface area (Å²) in [5, 5.41) is 12.9. The van der Waals surface area contributed by atoms with Crippen LogP contribution in [0.2, 0.25) is 13.1 Å². The van der Waals surface area contributed by atoms with E-state index >= 15 is 0 Å². The molecule has 0 aliphatic carbocycles. The maximum atomic E-state index is 5.49. The lowest BCUT2D eigenvalue weighted by Gasteiger charge is -2.19. The normalized spacial score (nSPS) is 13.1. The van der Waals surface area contributed by atoms with Crippen molar-refractivity contribution in [1.82, 2.24) is 9.97 Å². The van der Waals surface area contributed by atoms with Gasteiger partial charge in [-0.2, -0.15) is 0 Å². The van der Waals surface area contributed by atoms with E-state index in [-0.39, 0.29) is 0 Å². The predicted octanol–water partition coefficient (Wildman–Crippen LogP) is 12.6. The number of nitrogens with zero attached hydrogens (tertiary/aromatic N) is 2. The number of rotatable bonds is 4. The maximum Gasteiger partial charge on any atom is 0.159 e. The highest BCUT2D eigenvalue weighted by Crippen LogP contribution is 2.40. The van der Waals surface area contributed by atoms with E-state index in [9.17, 15) is 0 Å². The molecule has 1 aromatic heterocycles. The van der Waals surface area contributed by atoms with Gasteiger partial charge >= 0.3 is 0 Å². The monoisotopic (exact) mass is 716 g/mol. The van der Waals surface area contributed by atoms with Crippen LogP contribution in [0.4, 0.5) is 0 Å². The van der Waals surface area contributed by atoms with Gasteiger partial charge < -0.3 is 0 Å². The minimum absolute atomic E-state index is 0.780. The molecule has 0 radical (unpaired) electrons. The number of aromatic nitrogens is 2. The molecule has 0 amide bonds. The summed E-state index contributed by atoms with van der Waals surface area (Å²) in [6, 6.07) is 66.3. The zero-order valence-corrected chi connectivity index (χ0v) is 31.7. The minimum Gasteiger partial charge on any atom is -0.237 e. The van der Waals surface area contributed by atoms with Crippen LogP contribution in [0.15, 0.2) is 182 Å². The minimum atomic E-state index is -2.15. The first-order valence-corrected chi connectivity index (χ1v) is 22.1. The van der Waals surface area contributed by atoms with Gasteiger partial charge in [0.05, 0.1) is 5.69 Å². The van der Waals surface area contributed by atoms with Gasteiger partial charge in [-0.1, -0.05) is 171 Å². The van der Waals surface area contributed by atoms with Gasteiger partial charge in [0, 0.05) is 22.0 Å². The van der Waals surface area contributed by atoms with Crippen LogP contribution in [0.3, 0.4) is 0 Å². The maximum absolute atomic E-state index is 5.49. The van der Waals surface area contributed by atoms with Gasteiger partial charge in [-0.25, -0.2) is 9.97 Å². The number of hydrogen-bond donors (Lipinski definition) is 0. The third-order valence-corrected chi connectivity index (χ3v) is 15.1. The summed E-state index contributed by atoms with van der Waals surface area (Å²) in [6.45, 7) is 4.88. The highest BCUT2D eigenvalue weighted by atomic mass is 28.3. The zero-order valence-electron chi connectivity index (χ0n) is 30.7. The average Bonchev–Trinajstić information content (AvgIpc) is 3.47. The van der Waals surface area contributed by atoms with Gasteiger partial charge in [-0.15, -0.1) is 0 Å². The standard InChI is InChI=1S/C52H36N2Si/c1-55(2)48-32-38-17-7-6-16-37(38)31-47(48)49-50(33-14-4-3-5-15-33)53-51(54-52(49)55)40-21-13-20-36(29-40)34-18-12-19-35(28-34)39-26-27-45-43-24-9-8-22-41(43)42-23-10-11-25-44(42)46(45)30-39/h3-32H,1-2H3. The summed E-state index contributed by atoms with van der Waals surface area (Å²) in [5.74, 6) is 0.780. The number of fused-ring (bicyclic) bond motifs is 10. The zero-order chi connectivity index (χ0) is 36.7. The highest BCUT2D eigenvalue weighted by molar-refractivity contribution is 7.03. The molecule has 258 valence electrons. The van der Waals surface area contributed by atoms with Crippen molar-refractivity contribution < 1.29 is 0 Å². The Morgan fingerprint density at radius 3 is 1.51 bits per heavy atom. The molecule has 0 bridgehead atoms. The van der Waals surface area contributed by atoms with Gasteiger partial charge in [0.2, 0.25) is 0 Å². The van der Waals surface area contributed by atoms with Crippen molar-refractivity contribution in [2.45, 2.75) is 13.1 Å². The summed E-state index contributed by atoms with van der Waals surface area (Å²) in [5.41, 5.74) is 10.4. The first-order chi connectivity index (χ1) is 27.0. The number of benzene rings is 9. The lowest BCUT2D eigenvalue weighted by molar-refractivity contribution is 1.21. The predicted molar refractivity (Wildman–Crippen MR) is 236 cm³/mol. The first kappa shape index (κ1) is 31.8. The fourth-order valence-corrected chi connectivity index (χ4v) is 11.9. The molecule has 0 atom stereocenters. The Kier molecular flexibility index (Phi) is 7.04. The molecule has 2 nitrogen and oxygen atoms in total. The Bertz CT molecular complexity index is 3150. The van der Waals surface area contributed by atoms with Crippen LogP contribution in [0.25, 0.3) is 99.1 Å². The van der Waals surface area contributed by atoms with E-state index in [0.29, 0.717) is 0 Å². The second kappa shape index (κ2) is 12.2. The summed E-state index contributed by atoms with van der Waals surface area (Å²) in [7, 11) is -2.15. The molecule has 0 saturated heterocycles. The van der Waals surface area contributed by atoms with E-state index in [1.807, 2.05) is 0 Å². The quantitative estimate of drug-likeness (QED) is 0.134. The van der Waals surface area contributed by atoms with Gasteiger partial charge in [0.1, 0.15) is 8.07 Å². The van der Waals surface area contributed by atoms with Crippen LogP contribution < -0.4 is 10.5 Å². The molecular weight excluding hydrogens is 681 g/mol. The van der Waals surface area contributed by atoms with E-state index in [1.54, 1.807) is 0 Å². The lowest BCUT2D eigenvalue weighted by Crippen LogP contribution is -2.51. The molecule has 9 aromatic carbocycles. The Morgan fingerprint density at radius 2 is 0.855 bits per heavy atom. The summed E-state index contributed by atoms with van der Waals surface area (Å²) >= 11 is 0. The molecule has 0 spiro atoms. The van der Waals surface area contributed by atoms with Gasteiger partial charge in [0.25, 0.3) is 0 Å². The molecule has 1 aliphatic heterocycles. The molecule has 2 heterocycles. The fraction of sp³-hybridized carbons (Fsp3) is 0.0385. The summed E-state index contributed by atoms with van der Waals surface area (Å²) in [6.07, 6.45) is 0. The SMILES string of the molecule is C[Si]1(C)c2cc3ccccc3cc2-c2c(-c3ccccc3)nc(-c3cccc(-c4cccc(-c5ccc6c7ccccc7c7ccccc7c6c5)c4)c3)nc21. The lowest BCUT2D eigenvalue weighted by atomic mass is 9.91. The summed E-state index contributed by atoms with van der Waals surface area (Å²) < 4.78 is 0. The molecule has 11 rings (SSSR count). The molecule has 0 fully saturated rings. The Labute approximate surface area is 321 Å². The Hall–Kier alpha value is -6.68. The molecule has 0 unspecified atom stereocenters. The Balaban J connectivity index is 1.03. The van der Waals surface area contributed by atoms with Crippen molar-refractivity contribution in [3.05, 3.63) is 182 Å². The molecule has 0 saturated carbocycles. The third kappa shape index (κ3) is 5.01. The Morgan fingerprint density at radius 1 is 0.364 bits per heavy atom. The van der Waals surface area contributed by atoms with Gasteiger partial charge in [0.15, 0.2) is 5.82 Å². The summed E-state index contributed by atoms with van der Waals surface area (Å²) in [4.78, 5) is 10.9. The second-order valence-electron chi connectivity index (χ2n) is 15.4. The fourth-order valence-electron chi connectivity index (χ4n) is 9.00. The van der Waals surface area contributed by atoms with Crippen LogP contribution >= 0.6 is 0 Å². The largest absolute Gasteiger partial charge is 0.237 e. The average molecular weight is 717 g/mol. The van der Waals surface area contributed by atoms with Crippen molar-refractivity contribution in [2.24, 2.45) is 0 Å². The van der Waals surface area contributed by atoms with E-state index < -0.39 is 8.07 Å². The van der Waals surface area contributed by atoms with Crippen LogP contribution in [-0.2, 0) is 0 Å². The van der Waals surface area contributed by atoms with Gasteiger partial charge in [-0.3, -0.25) is 0 Å². The first-order valence-electron chi connectivity index (χ1n) is 19.1. The van der Waals surface area contributed by atoms with E-state index in [4.69, 9.17) is 9.97 Å². The van der Waals surface area contributed by atoms with Crippen molar-refractivity contribution in [1.29, 1.82) is 0 Å². The topological polar surface area (TPSA) is 25.8 Å². The molecule has 1 aliphatic rings. The van der Waals surface area contributed by atoms with Crippen LogP contribution in [0.1, 0.15) is 0 Å². The molecule has 3 heteroatoms. The second-order valence-corrected chi connectivity index (χ2v) is 19.6. The van der Waals surface area contributed by atoms with Crippen molar-refractivity contribution in [2.75, 3.05) is 0 Å². The molecule has 0 N–H and O–H groups in total. The smallest absolute Gasteiger partial charge is 0.159 e. The van der Waals surface area contributed by atoms with Crippen LogP contribution in [0.5, 0.6) is 0 Å². The highest BCUT2D eigenvalue weighted by Gasteiger charge is 2.42. The van der Waals surface area contributed by atoms with E-state index in [2.05, 4.69) is 195 Å². The van der Waals surface area contributed by atoms with Crippen LogP contribution in [0, 0.1) is 0 Å². The molecule has 10 aromatic rings. The van der Waals surface area contributed by atoms with Crippen LogP contribution in [-0.4, -0.2) is 18.0 Å². The molecular formula is C52H36N2Si.